The van der Waals surface area contributed by atoms with Crippen LogP contribution in [0.3, 0.4) is 0 Å². The lowest BCUT2D eigenvalue weighted by atomic mass is 9.96. The Morgan fingerprint density at radius 1 is 0.852 bits per heavy atom. The highest BCUT2D eigenvalue weighted by Gasteiger charge is 2.54. The van der Waals surface area contributed by atoms with E-state index in [1.54, 1.807) is 38.1 Å². The van der Waals surface area contributed by atoms with Crippen molar-refractivity contribution in [2.24, 2.45) is 0 Å². The Kier molecular flexibility index (Phi) is 17.3. The highest BCUT2D eigenvalue weighted by atomic mass is 16.8. The van der Waals surface area contributed by atoms with Crippen LogP contribution in [-0.2, 0) is 52.3 Å². The summed E-state index contributed by atoms with van der Waals surface area (Å²) >= 11 is 0. The molecule has 2 bridgehead atoms. The molecule has 3 fully saturated rings. The monoisotopic (exact) mass is 760 g/mol. The van der Waals surface area contributed by atoms with Gasteiger partial charge in [0.25, 0.3) is 0 Å². The SMILES string of the molecule is C/C=C(\C)C(=O)O[C@@H]1C(O)[C@@H]2O[C@@H]3[C@H](O[C@@H](CCC)CCCCCCC(=O)CCC(=O)OC[C@@H](O2)[C@H]1OC(=O)/C=C/c1ccccc1)O[C@H](C)[C@H](O)[C@@H]3O. The molecule has 0 spiro atoms. The van der Waals surface area contributed by atoms with Gasteiger partial charge in [-0.15, -0.1) is 0 Å². The van der Waals surface area contributed by atoms with E-state index in [9.17, 15) is 34.5 Å². The van der Waals surface area contributed by atoms with Crippen molar-refractivity contribution in [3.8, 4) is 0 Å². The number of hydrogen-bond donors (Lipinski definition) is 3. The molecule has 0 aromatic heterocycles. The summed E-state index contributed by atoms with van der Waals surface area (Å²) < 4.78 is 41.8. The summed E-state index contributed by atoms with van der Waals surface area (Å²) in [6.45, 7) is 6.16. The minimum Gasteiger partial charge on any atom is -0.463 e. The minimum absolute atomic E-state index is 0.0194. The lowest BCUT2D eigenvalue weighted by molar-refractivity contribution is -0.369. The van der Waals surface area contributed by atoms with Gasteiger partial charge in [0, 0.05) is 24.5 Å². The van der Waals surface area contributed by atoms with Gasteiger partial charge >= 0.3 is 17.9 Å². The van der Waals surface area contributed by atoms with Crippen LogP contribution in [0.2, 0.25) is 0 Å². The number of cyclic esters (lactones) is 1. The molecule has 54 heavy (non-hydrogen) atoms. The van der Waals surface area contributed by atoms with Crippen molar-refractivity contribution in [2.45, 2.75) is 159 Å². The van der Waals surface area contributed by atoms with E-state index in [0.29, 0.717) is 31.2 Å². The van der Waals surface area contributed by atoms with E-state index in [1.165, 1.54) is 19.1 Å². The van der Waals surface area contributed by atoms with Gasteiger partial charge in [-0.05, 0) is 51.7 Å². The van der Waals surface area contributed by atoms with Gasteiger partial charge in [-0.25, -0.2) is 9.59 Å². The number of Topliss-reactive ketones (excluding diaryl/α,β-unsaturated/α-hetero) is 1. The first-order valence-corrected chi connectivity index (χ1v) is 19.0. The molecule has 300 valence electrons. The van der Waals surface area contributed by atoms with Crippen LogP contribution in [-0.4, -0.2) is 113 Å². The molecule has 14 heteroatoms. The average Bonchev–Trinajstić information content (AvgIpc) is 3.16. The zero-order chi connectivity index (χ0) is 39.2. The largest absolute Gasteiger partial charge is 0.463 e. The number of allylic oxidation sites excluding steroid dienone is 1. The predicted octanol–water partition coefficient (Wildman–Crippen LogP) is 3.86. The maximum atomic E-state index is 13.2. The van der Waals surface area contributed by atoms with E-state index in [2.05, 4.69) is 0 Å². The molecule has 0 aliphatic carbocycles. The molecule has 11 atom stereocenters. The van der Waals surface area contributed by atoms with Crippen LogP contribution >= 0.6 is 0 Å². The molecule has 0 amide bonds. The molecule has 0 radical (unpaired) electrons. The van der Waals surface area contributed by atoms with Crippen molar-refractivity contribution in [2.75, 3.05) is 6.61 Å². The Balaban J connectivity index is 1.70. The number of carbonyl (C=O) groups is 4. The summed E-state index contributed by atoms with van der Waals surface area (Å²) in [5, 5.41) is 33.9. The Morgan fingerprint density at radius 3 is 2.31 bits per heavy atom. The first-order valence-electron chi connectivity index (χ1n) is 19.0. The van der Waals surface area contributed by atoms with E-state index in [4.69, 9.17) is 33.2 Å². The maximum Gasteiger partial charge on any atom is 0.333 e. The van der Waals surface area contributed by atoms with Gasteiger partial charge in [0.15, 0.2) is 24.8 Å². The molecule has 0 saturated carbocycles. The second kappa shape index (κ2) is 21.6. The number of ether oxygens (including phenoxy) is 7. The van der Waals surface area contributed by atoms with Gasteiger partial charge in [0.2, 0.25) is 0 Å². The number of esters is 3. The molecule has 1 unspecified atom stereocenters. The third-order valence-corrected chi connectivity index (χ3v) is 9.84. The molecule has 3 saturated heterocycles. The number of hydrogen-bond acceptors (Lipinski definition) is 14. The molecule has 3 aliphatic rings. The summed E-state index contributed by atoms with van der Waals surface area (Å²) in [7, 11) is 0. The van der Waals surface area contributed by atoms with Gasteiger partial charge < -0.3 is 48.5 Å². The topological polar surface area (TPSA) is 194 Å². The van der Waals surface area contributed by atoms with Crippen LogP contribution in [0.15, 0.2) is 48.1 Å². The number of aliphatic hydroxyl groups is 3. The molecule has 4 rings (SSSR count). The van der Waals surface area contributed by atoms with Crippen molar-refractivity contribution in [3.63, 3.8) is 0 Å². The standard InChI is InChI=1S/C40H56O14/c1-5-14-28-18-13-8-7-12-17-27(41)20-22-30(42)48-23-29-35(52-31(43)21-19-26-15-10-9-11-16-26)36(53-38(47)24(3)6-2)34(46)39(51-29)54-37-33(45)32(44)25(4)49-40(37)50-28/h6,9-11,15-16,19,21,25,28-29,32-37,39-40,44-46H,5,7-8,12-14,17-18,20,22-23H2,1-4H3/b21-19+,24-6+/t25-,28+,29-,32+,33+,34?,35-,36-,37+,39+,40+/m1/s1. The number of rotatable bonds is 7. The van der Waals surface area contributed by atoms with Crippen molar-refractivity contribution in [1.82, 2.24) is 0 Å². The van der Waals surface area contributed by atoms with Crippen molar-refractivity contribution < 1.29 is 67.7 Å². The lowest BCUT2D eigenvalue weighted by Crippen LogP contribution is -2.65. The van der Waals surface area contributed by atoms with E-state index in [1.807, 2.05) is 13.0 Å². The Labute approximate surface area is 316 Å². The van der Waals surface area contributed by atoms with E-state index < -0.39 is 85.9 Å². The van der Waals surface area contributed by atoms with E-state index in [0.717, 1.165) is 31.8 Å². The quantitative estimate of drug-likeness (QED) is 0.206. The molecule has 14 nitrogen and oxygen atoms in total. The van der Waals surface area contributed by atoms with Crippen LogP contribution < -0.4 is 0 Å². The third-order valence-electron chi connectivity index (χ3n) is 9.84. The fraction of sp³-hybridized carbons (Fsp3) is 0.650. The van der Waals surface area contributed by atoms with Crippen LogP contribution in [0, 0.1) is 0 Å². The molecular formula is C40H56O14. The molecule has 3 heterocycles. The minimum atomic E-state index is -1.84. The molecule has 3 aliphatic heterocycles. The second-order valence-corrected chi connectivity index (χ2v) is 14.0. The van der Waals surface area contributed by atoms with Crippen molar-refractivity contribution in [1.29, 1.82) is 0 Å². The maximum absolute atomic E-state index is 13.2. The third kappa shape index (κ3) is 12.5. The normalized spacial score (nSPS) is 34.0. The van der Waals surface area contributed by atoms with Gasteiger partial charge in [0.05, 0.1) is 18.6 Å². The van der Waals surface area contributed by atoms with Crippen molar-refractivity contribution >= 4 is 29.8 Å². The number of fused-ring (bicyclic) bond motifs is 3. The van der Waals surface area contributed by atoms with E-state index in [-0.39, 0.29) is 30.3 Å². The second-order valence-electron chi connectivity index (χ2n) is 14.0. The molecular weight excluding hydrogens is 704 g/mol. The molecule has 3 N–H and O–H groups in total. The Morgan fingerprint density at radius 2 is 1.59 bits per heavy atom. The van der Waals surface area contributed by atoms with Crippen LogP contribution in [0.1, 0.15) is 97.5 Å². The summed E-state index contributed by atoms with van der Waals surface area (Å²) in [6, 6.07) is 8.93. The number of benzene rings is 1. The summed E-state index contributed by atoms with van der Waals surface area (Å²) in [4.78, 5) is 51.8. The summed E-state index contributed by atoms with van der Waals surface area (Å²) in [6.07, 6.45) is -5.30. The number of aliphatic hydroxyl groups excluding tert-OH is 3. The first-order chi connectivity index (χ1) is 25.9. The molecule has 1 aromatic carbocycles. The first kappa shape index (κ1) is 43.2. The fourth-order valence-corrected chi connectivity index (χ4v) is 6.52. The van der Waals surface area contributed by atoms with Gasteiger partial charge in [0.1, 0.15) is 42.9 Å². The van der Waals surface area contributed by atoms with E-state index >= 15 is 0 Å². The highest BCUT2D eigenvalue weighted by molar-refractivity contribution is 5.88. The molecule has 1 aromatic rings. The number of ketones is 1. The van der Waals surface area contributed by atoms with Crippen LogP contribution in [0.25, 0.3) is 6.08 Å². The van der Waals surface area contributed by atoms with Crippen molar-refractivity contribution in [3.05, 3.63) is 53.6 Å². The number of carbonyl (C=O) groups excluding carboxylic acids is 4. The lowest BCUT2D eigenvalue weighted by Gasteiger charge is -2.47. The van der Waals surface area contributed by atoms with Gasteiger partial charge in [-0.1, -0.05) is 69.0 Å². The van der Waals surface area contributed by atoms with Crippen LogP contribution in [0.5, 0.6) is 0 Å². The Hall–Kier alpha value is -3.50. The van der Waals surface area contributed by atoms with Crippen LogP contribution in [0.4, 0.5) is 0 Å². The van der Waals surface area contributed by atoms with Gasteiger partial charge in [-0.3, -0.25) is 9.59 Å². The highest BCUT2D eigenvalue weighted by Crippen LogP contribution is 2.33. The average molecular weight is 761 g/mol. The summed E-state index contributed by atoms with van der Waals surface area (Å²) in [5.74, 6) is -2.51. The zero-order valence-corrected chi connectivity index (χ0v) is 31.6. The predicted molar refractivity (Wildman–Crippen MR) is 193 cm³/mol. The summed E-state index contributed by atoms with van der Waals surface area (Å²) in [5.41, 5.74) is 0.882. The fourth-order valence-electron chi connectivity index (χ4n) is 6.52. The smallest absolute Gasteiger partial charge is 0.333 e. The van der Waals surface area contributed by atoms with Gasteiger partial charge in [-0.2, -0.15) is 0 Å². The zero-order valence-electron chi connectivity index (χ0n) is 31.6. The Bertz CT molecular complexity index is 1430.